The number of pyridine rings is 1. The molecule has 4 aromatic rings. The summed E-state index contributed by atoms with van der Waals surface area (Å²) in [5, 5.41) is 5.77. The van der Waals surface area contributed by atoms with E-state index in [0.717, 1.165) is 46.9 Å². The van der Waals surface area contributed by atoms with E-state index in [1.54, 1.807) is 12.1 Å². The number of nitrogens with one attached hydrogen (secondary N) is 1. The smallest absolute Gasteiger partial charge is 0.224 e. The first-order valence-electron chi connectivity index (χ1n) is 11.3. The molecule has 0 spiro atoms. The van der Waals surface area contributed by atoms with Crippen molar-refractivity contribution >= 4 is 39.2 Å². The topological polar surface area (TPSA) is 50.7 Å². The van der Waals surface area contributed by atoms with E-state index in [2.05, 4.69) is 33.3 Å². The molecular weight excluding hydrogens is 423 g/mol. The summed E-state index contributed by atoms with van der Waals surface area (Å²) in [6.45, 7) is 2.20. The number of rotatable bonds is 5. The summed E-state index contributed by atoms with van der Waals surface area (Å²) in [6.07, 6.45) is 7.51. The van der Waals surface area contributed by atoms with Gasteiger partial charge in [0.1, 0.15) is 11.6 Å². The van der Waals surface area contributed by atoms with Crippen LogP contribution in [0.3, 0.4) is 0 Å². The highest BCUT2D eigenvalue weighted by molar-refractivity contribution is 6.28. The van der Waals surface area contributed by atoms with Gasteiger partial charge in [0.2, 0.25) is 5.28 Å². The van der Waals surface area contributed by atoms with Gasteiger partial charge in [0.05, 0.1) is 11.0 Å². The van der Waals surface area contributed by atoms with E-state index in [0.29, 0.717) is 11.8 Å². The van der Waals surface area contributed by atoms with Crippen LogP contribution in [0.25, 0.3) is 21.8 Å². The Balaban J connectivity index is 1.24. The number of para-hydroxylation sites is 1. The standard InChI is InChI=1S/C26H26ClFN4/c1-16(30-25-21-4-2-3-5-24(21)31-26(27)32-25)14-17-6-8-18(9-7-17)20-12-13-29-23-11-10-19(28)15-22(20)23/h2-5,10-13,15-18H,6-9,14H2,1H3,(H,30,31,32)/t16-,17?,18?/m1/s1. The zero-order chi connectivity index (χ0) is 22.1. The number of fused-ring (bicyclic) bond motifs is 2. The number of nitrogens with zero attached hydrogens (tertiary/aromatic N) is 3. The molecule has 0 radical (unpaired) electrons. The van der Waals surface area contributed by atoms with Gasteiger partial charge >= 0.3 is 0 Å². The lowest BCUT2D eigenvalue weighted by atomic mass is 9.76. The highest BCUT2D eigenvalue weighted by atomic mass is 35.5. The second kappa shape index (κ2) is 8.99. The Morgan fingerprint density at radius 3 is 2.66 bits per heavy atom. The van der Waals surface area contributed by atoms with E-state index >= 15 is 0 Å². The number of hydrogen-bond acceptors (Lipinski definition) is 4. The van der Waals surface area contributed by atoms with Crippen molar-refractivity contribution in [2.75, 3.05) is 5.32 Å². The van der Waals surface area contributed by atoms with Crippen molar-refractivity contribution < 1.29 is 4.39 Å². The Kier molecular flexibility index (Phi) is 5.92. The van der Waals surface area contributed by atoms with E-state index in [-0.39, 0.29) is 17.1 Å². The zero-order valence-electron chi connectivity index (χ0n) is 18.1. The number of anilines is 1. The molecule has 6 heteroatoms. The Morgan fingerprint density at radius 2 is 1.81 bits per heavy atom. The van der Waals surface area contributed by atoms with E-state index in [9.17, 15) is 4.39 Å². The predicted octanol–water partition coefficient (Wildman–Crippen LogP) is 7.14. The fraction of sp³-hybridized carbons (Fsp3) is 0.346. The van der Waals surface area contributed by atoms with Crippen molar-refractivity contribution in [3.05, 3.63) is 71.4 Å². The van der Waals surface area contributed by atoms with Gasteiger partial charge in [-0.3, -0.25) is 4.98 Å². The van der Waals surface area contributed by atoms with Gasteiger partial charge in [-0.1, -0.05) is 12.1 Å². The molecule has 32 heavy (non-hydrogen) atoms. The molecule has 2 aromatic carbocycles. The first-order valence-corrected chi connectivity index (χ1v) is 11.7. The average Bonchev–Trinajstić information content (AvgIpc) is 2.79. The molecule has 1 aliphatic rings. The summed E-state index contributed by atoms with van der Waals surface area (Å²) in [5.74, 6) is 1.72. The molecule has 1 fully saturated rings. The molecule has 164 valence electrons. The van der Waals surface area contributed by atoms with Gasteiger partial charge in [-0.25, -0.2) is 14.4 Å². The third kappa shape index (κ3) is 4.40. The van der Waals surface area contributed by atoms with Crippen LogP contribution in [0.15, 0.2) is 54.7 Å². The maximum atomic E-state index is 13.8. The number of halogens is 2. The number of aromatic nitrogens is 3. The first-order chi connectivity index (χ1) is 15.6. The maximum absolute atomic E-state index is 13.8. The summed E-state index contributed by atoms with van der Waals surface area (Å²) in [5.41, 5.74) is 2.96. The predicted molar refractivity (Wildman–Crippen MR) is 129 cm³/mol. The molecule has 0 bridgehead atoms. The van der Waals surface area contributed by atoms with Crippen molar-refractivity contribution in [3.63, 3.8) is 0 Å². The Labute approximate surface area is 192 Å². The summed E-state index contributed by atoms with van der Waals surface area (Å²) >= 11 is 6.13. The minimum Gasteiger partial charge on any atom is -0.367 e. The van der Waals surface area contributed by atoms with Crippen molar-refractivity contribution in [1.29, 1.82) is 0 Å². The van der Waals surface area contributed by atoms with E-state index in [4.69, 9.17) is 11.6 Å². The Bertz CT molecular complexity index is 1250. The zero-order valence-corrected chi connectivity index (χ0v) is 18.8. The number of hydrogen-bond donors (Lipinski definition) is 1. The van der Waals surface area contributed by atoms with Gasteiger partial charge in [0.15, 0.2) is 0 Å². The molecule has 0 aliphatic heterocycles. The van der Waals surface area contributed by atoms with Crippen LogP contribution in [0.1, 0.15) is 50.5 Å². The molecule has 0 amide bonds. The Morgan fingerprint density at radius 1 is 1.00 bits per heavy atom. The van der Waals surface area contributed by atoms with Gasteiger partial charge in [0.25, 0.3) is 0 Å². The molecule has 2 heterocycles. The molecule has 5 rings (SSSR count). The van der Waals surface area contributed by atoms with Crippen LogP contribution in [0.4, 0.5) is 10.2 Å². The Hall–Kier alpha value is -2.79. The molecule has 0 unspecified atom stereocenters. The fourth-order valence-corrected chi connectivity index (χ4v) is 5.33. The van der Waals surface area contributed by atoms with E-state index in [1.807, 2.05) is 30.5 Å². The fourth-order valence-electron chi connectivity index (χ4n) is 5.16. The highest BCUT2D eigenvalue weighted by Gasteiger charge is 2.25. The lowest BCUT2D eigenvalue weighted by Gasteiger charge is -2.31. The van der Waals surface area contributed by atoms with Crippen LogP contribution < -0.4 is 5.32 Å². The third-order valence-corrected chi connectivity index (χ3v) is 6.84. The molecular formula is C26H26ClFN4. The van der Waals surface area contributed by atoms with Crippen molar-refractivity contribution in [2.45, 2.75) is 51.0 Å². The summed E-state index contributed by atoms with van der Waals surface area (Å²) < 4.78 is 13.8. The summed E-state index contributed by atoms with van der Waals surface area (Å²) in [4.78, 5) is 13.1. The minimum atomic E-state index is -0.197. The molecule has 1 N–H and O–H groups in total. The summed E-state index contributed by atoms with van der Waals surface area (Å²) in [6, 6.07) is 15.2. The second-order valence-corrected chi connectivity index (χ2v) is 9.26. The van der Waals surface area contributed by atoms with E-state index in [1.165, 1.54) is 24.5 Å². The van der Waals surface area contributed by atoms with Crippen molar-refractivity contribution in [1.82, 2.24) is 15.0 Å². The SMILES string of the molecule is C[C@H](CC1CCC(c2ccnc3ccc(F)cc23)CC1)Nc1nc(Cl)nc2ccccc12. The van der Waals surface area contributed by atoms with Crippen LogP contribution in [-0.4, -0.2) is 21.0 Å². The molecule has 2 aromatic heterocycles. The van der Waals surface area contributed by atoms with Gasteiger partial charge in [0, 0.05) is 23.0 Å². The second-order valence-electron chi connectivity index (χ2n) is 8.92. The quantitative estimate of drug-likeness (QED) is 0.330. The van der Waals surface area contributed by atoms with Crippen molar-refractivity contribution in [2.24, 2.45) is 5.92 Å². The van der Waals surface area contributed by atoms with Crippen LogP contribution in [-0.2, 0) is 0 Å². The highest BCUT2D eigenvalue weighted by Crippen LogP contribution is 2.40. The van der Waals surface area contributed by atoms with Gasteiger partial charge in [-0.15, -0.1) is 0 Å². The molecule has 1 saturated carbocycles. The molecule has 0 saturated heterocycles. The monoisotopic (exact) mass is 448 g/mol. The normalized spacial score (nSPS) is 19.8. The lowest BCUT2D eigenvalue weighted by Crippen LogP contribution is -2.23. The molecule has 1 atom stereocenters. The molecule has 4 nitrogen and oxygen atoms in total. The van der Waals surface area contributed by atoms with Crippen LogP contribution in [0.2, 0.25) is 5.28 Å². The third-order valence-electron chi connectivity index (χ3n) is 6.67. The van der Waals surface area contributed by atoms with Crippen LogP contribution >= 0.6 is 11.6 Å². The molecule has 1 aliphatic carbocycles. The number of benzene rings is 2. The van der Waals surface area contributed by atoms with Gasteiger partial charge in [-0.2, -0.15) is 0 Å². The van der Waals surface area contributed by atoms with Gasteiger partial charge in [-0.05, 0) is 104 Å². The van der Waals surface area contributed by atoms with Gasteiger partial charge < -0.3 is 5.32 Å². The maximum Gasteiger partial charge on any atom is 0.224 e. The summed E-state index contributed by atoms with van der Waals surface area (Å²) in [7, 11) is 0. The average molecular weight is 449 g/mol. The van der Waals surface area contributed by atoms with E-state index < -0.39 is 0 Å². The minimum absolute atomic E-state index is 0.197. The van der Waals surface area contributed by atoms with Crippen LogP contribution in [0.5, 0.6) is 0 Å². The largest absolute Gasteiger partial charge is 0.367 e. The van der Waals surface area contributed by atoms with Crippen LogP contribution in [0, 0.1) is 11.7 Å². The van der Waals surface area contributed by atoms with Crippen molar-refractivity contribution in [3.8, 4) is 0 Å². The first kappa shape index (κ1) is 21.1. The lowest BCUT2D eigenvalue weighted by molar-refractivity contribution is 0.302.